The fourth-order valence-corrected chi connectivity index (χ4v) is 6.21. The number of aliphatic hydroxyl groups is 2. The van der Waals surface area contributed by atoms with Gasteiger partial charge in [0.15, 0.2) is 18.3 Å². The number of hydrogen-bond acceptors (Lipinski definition) is 11. The second-order valence-electron chi connectivity index (χ2n) is 16.5. The summed E-state index contributed by atoms with van der Waals surface area (Å²) in [6.45, 7) is 12.0. The lowest BCUT2D eigenvalue weighted by Crippen LogP contribution is -2.61. The number of esters is 3. The summed E-state index contributed by atoms with van der Waals surface area (Å²) in [6, 6.07) is 8.32. The Bertz CT molecular complexity index is 1210. The van der Waals surface area contributed by atoms with Crippen LogP contribution in [-0.2, 0) is 38.0 Å². The van der Waals surface area contributed by atoms with Gasteiger partial charge >= 0.3 is 17.9 Å². The first kappa shape index (κ1) is 48.3. The molecule has 1 saturated heterocycles. The summed E-state index contributed by atoms with van der Waals surface area (Å²) < 4.78 is 35.2. The number of aliphatic hydroxyl groups excluding tert-OH is 2. The van der Waals surface area contributed by atoms with Crippen molar-refractivity contribution in [3.8, 4) is 0 Å². The number of carbonyl (C=O) groups is 3. The molecule has 0 bridgehead atoms. The fraction of sp³-hybridized carbons (Fsp3) is 0.750. The Morgan fingerprint density at radius 3 is 1.78 bits per heavy atom. The van der Waals surface area contributed by atoms with Gasteiger partial charge in [-0.05, 0) is 85.8 Å². The van der Waals surface area contributed by atoms with Crippen LogP contribution in [0.1, 0.15) is 155 Å². The molecule has 0 radical (unpaired) electrons. The molecule has 5 atom stereocenters. The third-order valence-electron chi connectivity index (χ3n) is 9.07. The molecule has 11 nitrogen and oxygen atoms in total. The van der Waals surface area contributed by atoms with Gasteiger partial charge in [0, 0.05) is 13.2 Å². The van der Waals surface area contributed by atoms with E-state index in [2.05, 4.69) is 19.1 Å². The van der Waals surface area contributed by atoms with Crippen molar-refractivity contribution in [3.63, 3.8) is 0 Å². The minimum atomic E-state index is -1.46. The smallest absolute Gasteiger partial charge is 0.338 e. The lowest BCUT2D eigenvalue weighted by molar-refractivity contribution is -0.309. The summed E-state index contributed by atoms with van der Waals surface area (Å²) in [5.74, 6) is -3.52. The van der Waals surface area contributed by atoms with Gasteiger partial charge in [0.05, 0.1) is 12.2 Å². The van der Waals surface area contributed by atoms with Crippen LogP contribution in [-0.4, -0.2) is 89.8 Å². The van der Waals surface area contributed by atoms with Gasteiger partial charge in [-0.15, -0.1) is 0 Å². The molecule has 2 rings (SSSR count). The molecule has 0 spiro atoms. The molecule has 0 aliphatic carbocycles. The van der Waals surface area contributed by atoms with E-state index in [1.165, 1.54) is 64.2 Å². The molecule has 0 aromatic heterocycles. The molecule has 0 unspecified atom stereocenters. The molecular formula is C44H72O11. The van der Waals surface area contributed by atoms with Gasteiger partial charge < -0.3 is 38.6 Å². The summed E-state index contributed by atoms with van der Waals surface area (Å²) in [4.78, 5) is 39.5. The Labute approximate surface area is 330 Å². The van der Waals surface area contributed by atoms with Crippen LogP contribution in [0.2, 0.25) is 0 Å². The van der Waals surface area contributed by atoms with Crippen LogP contribution in [0.25, 0.3) is 0 Å². The SMILES string of the molecule is CCCC=CCCCCCCCCCCCCCO[C@H]1O[C@H](CO)[C@H](O)[C@H](OC(=O)c2ccccc2)[C@H]1OCCC(C(=O)OC(C)(C)C)C(=O)OC(C)(C)C. The Kier molecular flexibility index (Phi) is 23.0. The Morgan fingerprint density at radius 1 is 0.727 bits per heavy atom. The van der Waals surface area contributed by atoms with Crippen LogP contribution >= 0.6 is 0 Å². The summed E-state index contributed by atoms with van der Waals surface area (Å²) in [6.07, 6.45) is 14.8. The average Bonchev–Trinajstić information content (AvgIpc) is 3.11. The van der Waals surface area contributed by atoms with Gasteiger partial charge in [-0.2, -0.15) is 0 Å². The van der Waals surface area contributed by atoms with Crippen molar-refractivity contribution in [2.45, 2.75) is 187 Å². The maximum atomic E-state index is 13.2. The van der Waals surface area contributed by atoms with E-state index in [1.807, 2.05) is 0 Å². The molecule has 1 aliphatic heterocycles. The first-order chi connectivity index (χ1) is 26.2. The predicted molar refractivity (Wildman–Crippen MR) is 212 cm³/mol. The lowest BCUT2D eigenvalue weighted by Gasteiger charge is -2.43. The van der Waals surface area contributed by atoms with Crippen LogP contribution in [0.3, 0.4) is 0 Å². The van der Waals surface area contributed by atoms with Crippen LogP contribution in [0.4, 0.5) is 0 Å². The summed E-state index contributed by atoms with van der Waals surface area (Å²) in [7, 11) is 0. The third kappa shape index (κ3) is 20.2. The highest BCUT2D eigenvalue weighted by molar-refractivity contribution is 5.95. The van der Waals surface area contributed by atoms with E-state index in [4.69, 9.17) is 28.4 Å². The van der Waals surface area contributed by atoms with Gasteiger partial charge in [-0.25, -0.2) is 4.79 Å². The minimum Gasteiger partial charge on any atom is -0.459 e. The molecule has 1 fully saturated rings. The van der Waals surface area contributed by atoms with Gasteiger partial charge in [0.2, 0.25) is 0 Å². The van der Waals surface area contributed by atoms with Crippen molar-refractivity contribution in [3.05, 3.63) is 48.0 Å². The molecule has 1 aromatic carbocycles. The molecule has 314 valence electrons. The van der Waals surface area contributed by atoms with E-state index < -0.39 is 72.3 Å². The van der Waals surface area contributed by atoms with E-state index in [0.29, 0.717) is 6.61 Å². The minimum absolute atomic E-state index is 0.122. The van der Waals surface area contributed by atoms with E-state index in [9.17, 15) is 24.6 Å². The van der Waals surface area contributed by atoms with Gasteiger partial charge in [-0.1, -0.05) is 101 Å². The number of rotatable bonds is 26. The van der Waals surface area contributed by atoms with Crippen molar-refractivity contribution >= 4 is 17.9 Å². The third-order valence-corrected chi connectivity index (χ3v) is 9.07. The van der Waals surface area contributed by atoms with Gasteiger partial charge in [0.1, 0.15) is 29.5 Å². The van der Waals surface area contributed by atoms with Gasteiger partial charge in [-0.3, -0.25) is 9.59 Å². The van der Waals surface area contributed by atoms with Crippen molar-refractivity contribution < 1.29 is 53.0 Å². The average molecular weight is 777 g/mol. The second-order valence-corrected chi connectivity index (χ2v) is 16.5. The largest absolute Gasteiger partial charge is 0.459 e. The molecule has 0 saturated carbocycles. The normalized spacial score (nSPS) is 20.5. The summed E-state index contributed by atoms with van der Waals surface area (Å²) in [5, 5.41) is 21.3. The molecule has 2 N–H and O–H groups in total. The Hall–Kier alpha value is -2.83. The maximum absolute atomic E-state index is 13.2. The van der Waals surface area contributed by atoms with Crippen molar-refractivity contribution in [1.29, 1.82) is 0 Å². The highest BCUT2D eigenvalue weighted by Crippen LogP contribution is 2.29. The highest BCUT2D eigenvalue weighted by Gasteiger charge is 2.49. The number of benzene rings is 1. The zero-order chi connectivity index (χ0) is 40.7. The second kappa shape index (κ2) is 26.2. The zero-order valence-electron chi connectivity index (χ0n) is 34.8. The topological polar surface area (TPSA) is 147 Å². The van der Waals surface area contributed by atoms with Crippen molar-refractivity contribution in [2.24, 2.45) is 5.92 Å². The van der Waals surface area contributed by atoms with E-state index >= 15 is 0 Å². The zero-order valence-corrected chi connectivity index (χ0v) is 34.8. The van der Waals surface area contributed by atoms with Crippen LogP contribution in [0.15, 0.2) is 42.5 Å². The number of carbonyl (C=O) groups excluding carboxylic acids is 3. The number of allylic oxidation sites excluding steroid dienone is 2. The first-order valence-corrected chi connectivity index (χ1v) is 20.7. The molecular weight excluding hydrogens is 704 g/mol. The predicted octanol–water partition coefficient (Wildman–Crippen LogP) is 8.42. The Balaban J connectivity index is 2.00. The monoisotopic (exact) mass is 777 g/mol. The van der Waals surface area contributed by atoms with E-state index in [1.54, 1.807) is 71.9 Å². The van der Waals surface area contributed by atoms with Crippen molar-refractivity contribution in [2.75, 3.05) is 19.8 Å². The number of unbranched alkanes of at least 4 members (excludes halogenated alkanes) is 12. The van der Waals surface area contributed by atoms with Crippen LogP contribution < -0.4 is 0 Å². The van der Waals surface area contributed by atoms with Crippen molar-refractivity contribution in [1.82, 2.24) is 0 Å². The molecule has 0 amide bonds. The molecule has 55 heavy (non-hydrogen) atoms. The fourth-order valence-electron chi connectivity index (χ4n) is 6.21. The highest BCUT2D eigenvalue weighted by atomic mass is 16.7. The number of ether oxygens (including phenoxy) is 6. The molecule has 1 heterocycles. The summed E-state index contributed by atoms with van der Waals surface area (Å²) >= 11 is 0. The molecule has 11 heteroatoms. The Morgan fingerprint density at radius 2 is 1.25 bits per heavy atom. The maximum Gasteiger partial charge on any atom is 0.338 e. The van der Waals surface area contributed by atoms with E-state index in [0.717, 1.165) is 25.7 Å². The standard InChI is InChI=1S/C44H72O11/c1-8-9-10-11-12-13-14-15-16-17-18-19-20-21-22-26-30-51-42-38(37(36(46)35(32-45)52-42)53-39(47)33-27-24-23-25-28-33)50-31-29-34(40(48)54-43(2,3)4)41(49)55-44(5,6)7/h10-11,23-25,27-28,34-38,42,45-46H,8-9,12-22,26,29-32H2,1-7H3/t35-,36+,37+,38-,42+/m1/s1. The van der Waals surface area contributed by atoms with Gasteiger partial charge in [0.25, 0.3) is 0 Å². The first-order valence-electron chi connectivity index (χ1n) is 20.7. The molecule has 1 aromatic rings. The van der Waals surface area contributed by atoms with E-state index in [-0.39, 0.29) is 18.6 Å². The molecule has 1 aliphatic rings. The summed E-state index contributed by atoms with van der Waals surface area (Å²) in [5.41, 5.74) is -1.43. The lowest BCUT2D eigenvalue weighted by atomic mass is 9.98. The number of hydrogen-bond donors (Lipinski definition) is 2. The van der Waals surface area contributed by atoms with Crippen LogP contribution in [0, 0.1) is 5.92 Å². The van der Waals surface area contributed by atoms with Crippen LogP contribution in [0.5, 0.6) is 0 Å². The quantitative estimate of drug-likeness (QED) is 0.0307.